The van der Waals surface area contributed by atoms with Crippen LogP contribution in [-0.2, 0) is 6.54 Å². The van der Waals surface area contributed by atoms with E-state index in [1.165, 1.54) is 12.5 Å². The zero-order valence-corrected chi connectivity index (χ0v) is 18.2. The molecule has 164 valence electrons. The van der Waals surface area contributed by atoms with Crippen molar-refractivity contribution in [2.75, 3.05) is 33.2 Å². The summed E-state index contributed by atoms with van der Waals surface area (Å²) in [6, 6.07) is 18.5. The summed E-state index contributed by atoms with van der Waals surface area (Å²) >= 11 is 0. The molecule has 2 aromatic heterocycles. The lowest BCUT2D eigenvalue weighted by atomic mass is 10.1. The van der Waals surface area contributed by atoms with Gasteiger partial charge in [0.05, 0.1) is 12.0 Å². The first kappa shape index (κ1) is 20.7. The number of hydrogen-bond acceptors (Lipinski definition) is 4. The quantitative estimate of drug-likeness (QED) is 0.443. The molecule has 0 atom stereocenters. The molecule has 2 aromatic carbocycles. The van der Waals surface area contributed by atoms with E-state index in [0.717, 1.165) is 66.6 Å². The van der Waals surface area contributed by atoms with Crippen LogP contribution in [-0.4, -0.2) is 52.8 Å². The van der Waals surface area contributed by atoms with Gasteiger partial charge in [-0.25, -0.2) is 9.07 Å². The van der Waals surface area contributed by atoms with Crippen LogP contribution in [0.1, 0.15) is 12.0 Å². The van der Waals surface area contributed by atoms with Gasteiger partial charge in [-0.15, -0.1) is 0 Å². The van der Waals surface area contributed by atoms with Gasteiger partial charge >= 0.3 is 0 Å². The van der Waals surface area contributed by atoms with E-state index < -0.39 is 0 Å². The molecule has 0 amide bonds. The Labute approximate surface area is 187 Å². The molecule has 1 saturated heterocycles. The maximum Gasteiger partial charge on any atom is 0.154 e. The third kappa shape index (κ3) is 4.52. The zero-order chi connectivity index (χ0) is 21.9. The van der Waals surface area contributed by atoms with Crippen molar-refractivity contribution in [3.63, 3.8) is 0 Å². The van der Waals surface area contributed by atoms with Gasteiger partial charge in [0.1, 0.15) is 11.5 Å². The predicted octanol–water partition coefficient (Wildman–Crippen LogP) is 5.08. The fourth-order valence-corrected chi connectivity index (χ4v) is 4.25. The summed E-state index contributed by atoms with van der Waals surface area (Å²) < 4.78 is 21.2. The van der Waals surface area contributed by atoms with Crippen LogP contribution in [0, 0.1) is 5.82 Å². The smallest absolute Gasteiger partial charge is 0.154 e. The summed E-state index contributed by atoms with van der Waals surface area (Å²) in [7, 11) is 2.18. The second-order valence-corrected chi connectivity index (χ2v) is 8.42. The van der Waals surface area contributed by atoms with Crippen LogP contribution >= 0.6 is 0 Å². The van der Waals surface area contributed by atoms with Gasteiger partial charge in [0, 0.05) is 31.4 Å². The maximum absolute atomic E-state index is 13.6. The first-order chi connectivity index (χ1) is 15.7. The maximum atomic E-state index is 13.6. The Bertz CT molecular complexity index is 1170. The topological polar surface area (TPSA) is 37.4 Å². The first-order valence-corrected chi connectivity index (χ1v) is 11.1. The zero-order valence-electron chi connectivity index (χ0n) is 18.2. The van der Waals surface area contributed by atoms with E-state index in [-0.39, 0.29) is 5.82 Å². The van der Waals surface area contributed by atoms with Crippen LogP contribution in [0.5, 0.6) is 0 Å². The van der Waals surface area contributed by atoms with E-state index in [1.54, 1.807) is 18.4 Å². The van der Waals surface area contributed by atoms with Crippen LogP contribution in [0.15, 0.2) is 77.5 Å². The Balaban J connectivity index is 1.43. The minimum Gasteiger partial charge on any atom is -0.463 e. The van der Waals surface area contributed by atoms with E-state index in [0.29, 0.717) is 0 Å². The molecule has 0 spiro atoms. The Morgan fingerprint density at radius 3 is 2.59 bits per heavy atom. The number of hydrogen-bond donors (Lipinski definition) is 0. The van der Waals surface area contributed by atoms with E-state index in [2.05, 4.69) is 23.0 Å². The Morgan fingerprint density at radius 1 is 0.938 bits per heavy atom. The summed E-state index contributed by atoms with van der Waals surface area (Å²) in [6.45, 7) is 5.17. The predicted molar refractivity (Wildman–Crippen MR) is 124 cm³/mol. The van der Waals surface area contributed by atoms with Crippen molar-refractivity contribution in [1.29, 1.82) is 0 Å². The van der Waals surface area contributed by atoms with Gasteiger partial charge in [0.2, 0.25) is 0 Å². The standard InChI is InChI=1S/C26H27FN4O/c1-29-12-4-13-30(15-14-29)18-22-19-31(28-26(22)25-7-3-16-32-25)24-10-8-20(9-11-24)21-5-2-6-23(27)17-21/h2-3,5-11,16-17,19H,4,12-15,18H2,1H3. The average Bonchev–Trinajstić information content (AvgIpc) is 3.43. The molecular weight excluding hydrogens is 403 g/mol. The van der Waals surface area contributed by atoms with Crippen molar-refractivity contribution in [1.82, 2.24) is 19.6 Å². The van der Waals surface area contributed by atoms with Crippen LogP contribution in [0.4, 0.5) is 4.39 Å². The minimum atomic E-state index is -0.230. The van der Waals surface area contributed by atoms with Gasteiger partial charge in [-0.1, -0.05) is 24.3 Å². The molecule has 5 rings (SSSR count). The number of halogens is 1. The number of likely N-dealkylation sites (N-methyl/N-ethyl adjacent to an activating group) is 1. The highest BCUT2D eigenvalue weighted by Gasteiger charge is 2.19. The Kier molecular flexibility index (Phi) is 5.88. The van der Waals surface area contributed by atoms with Gasteiger partial charge in [-0.2, -0.15) is 5.10 Å². The monoisotopic (exact) mass is 430 g/mol. The second-order valence-electron chi connectivity index (χ2n) is 8.42. The molecule has 0 N–H and O–H groups in total. The molecule has 1 aliphatic heterocycles. The lowest BCUT2D eigenvalue weighted by Gasteiger charge is -2.19. The van der Waals surface area contributed by atoms with Gasteiger partial charge in [0.15, 0.2) is 5.76 Å². The van der Waals surface area contributed by atoms with Crippen molar-refractivity contribution in [2.45, 2.75) is 13.0 Å². The van der Waals surface area contributed by atoms with Crippen molar-refractivity contribution < 1.29 is 8.81 Å². The minimum absolute atomic E-state index is 0.230. The number of aromatic nitrogens is 2. The fraction of sp³-hybridized carbons (Fsp3) is 0.269. The summed E-state index contributed by atoms with van der Waals surface area (Å²) in [4.78, 5) is 4.88. The second kappa shape index (κ2) is 9.10. The Morgan fingerprint density at radius 2 is 1.81 bits per heavy atom. The van der Waals surface area contributed by atoms with Gasteiger partial charge in [-0.05, 0) is 74.1 Å². The highest BCUT2D eigenvalue weighted by atomic mass is 19.1. The van der Waals surface area contributed by atoms with Gasteiger partial charge < -0.3 is 9.32 Å². The number of rotatable bonds is 5. The molecule has 0 aliphatic carbocycles. The number of benzene rings is 2. The summed E-state index contributed by atoms with van der Waals surface area (Å²) in [5.74, 6) is 0.549. The summed E-state index contributed by atoms with van der Waals surface area (Å²) in [5, 5.41) is 4.87. The molecule has 0 bridgehead atoms. The lowest BCUT2D eigenvalue weighted by Crippen LogP contribution is -2.28. The molecule has 0 radical (unpaired) electrons. The molecular formula is C26H27FN4O. The van der Waals surface area contributed by atoms with Crippen molar-refractivity contribution in [3.05, 3.63) is 84.5 Å². The lowest BCUT2D eigenvalue weighted by molar-refractivity contribution is 0.269. The van der Waals surface area contributed by atoms with Gasteiger partial charge in [-0.3, -0.25) is 4.90 Å². The van der Waals surface area contributed by atoms with E-state index in [4.69, 9.17) is 9.52 Å². The molecule has 5 nitrogen and oxygen atoms in total. The van der Waals surface area contributed by atoms with Gasteiger partial charge in [0.25, 0.3) is 0 Å². The summed E-state index contributed by atoms with van der Waals surface area (Å²) in [5.41, 5.74) is 4.82. The number of furan rings is 1. The van der Waals surface area contributed by atoms with E-state index >= 15 is 0 Å². The summed E-state index contributed by atoms with van der Waals surface area (Å²) in [6.07, 6.45) is 4.96. The van der Waals surface area contributed by atoms with Crippen LogP contribution < -0.4 is 0 Å². The first-order valence-electron chi connectivity index (χ1n) is 11.1. The molecule has 0 saturated carbocycles. The highest BCUT2D eigenvalue weighted by Crippen LogP contribution is 2.27. The Hall–Kier alpha value is -3.22. The highest BCUT2D eigenvalue weighted by molar-refractivity contribution is 5.65. The van der Waals surface area contributed by atoms with Crippen LogP contribution in [0.25, 0.3) is 28.3 Å². The molecule has 4 aromatic rings. The van der Waals surface area contributed by atoms with E-state index in [1.807, 2.05) is 47.1 Å². The fourth-order valence-electron chi connectivity index (χ4n) is 4.25. The van der Waals surface area contributed by atoms with Crippen molar-refractivity contribution in [2.24, 2.45) is 0 Å². The molecule has 6 heteroatoms. The molecule has 1 aliphatic rings. The average molecular weight is 431 g/mol. The molecule has 1 fully saturated rings. The molecule has 0 unspecified atom stereocenters. The van der Waals surface area contributed by atoms with Crippen molar-refractivity contribution in [3.8, 4) is 28.3 Å². The molecule has 3 heterocycles. The third-order valence-corrected chi connectivity index (χ3v) is 6.04. The molecule has 32 heavy (non-hydrogen) atoms. The largest absolute Gasteiger partial charge is 0.463 e. The van der Waals surface area contributed by atoms with E-state index in [9.17, 15) is 4.39 Å². The van der Waals surface area contributed by atoms with Crippen LogP contribution in [0.2, 0.25) is 0 Å². The normalized spacial score (nSPS) is 15.7. The van der Waals surface area contributed by atoms with Crippen molar-refractivity contribution >= 4 is 0 Å². The number of nitrogens with zero attached hydrogens (tertiary/aromatic N) is 4. The third-order valence-electron chi connectivity index (χ3n) is 6.04. The van der Waals surface area contributed by atoms with Crippen LogP contribution in [0.3, 0.4) is 0 Å². The SMILES string of the molecule is CN1CCCN(Cc2cn(-c3ccc(-c4cccc(F)c4)cc3)nc2-c2ccco2)CC1.